The van der Waals surface area contributed by atoms with E-state index in [-0.39, 0.29) is 53.1 Å². The zero-order valence-electron chi connectivity index (χ0n) is 16.3. The van der Waals surface area contributed by atoms with E-state index < -0.39 is 26.6 Å². The molecule has 1 aliphatic rings. The van der Waals surface area contributed by atoms with Crippen LogP contribution < -0.4 is 34.3 Å². The second kappa shape index (κ2) is 9.31. The summed E-state index contributed by atoms with van der Waals surface area (Å²) in [6.07, 6.45) is 3.71. The third-order valence-electron chi connectivity index (χ3n) is 4.87. The molecule has 154 valence electrons. The third-order valence-corrected chi connectivity index (χ3v) is 6.74. The summed E-state index contributed by atoms with van der Waals surface area (Å²) in [5.74, 6) is -2.51. The molecule has 2 heterocycles. The molecule has 1 saturated carbocycles. The summed E-state index contributed by atoms with van der Waals surface area (Å²) >= 11 is 1.14. The Labute approximate surface area is 198 Å². The first-order chi connectivity index (χ1) is 13.8. The number of hydrogen-bond donors (Lipinski definition) is 0. The van der Waals surface area contributed by atoms with Gasteiger partial charge in [0, 0.05) is 30.9 Å². The van der Waals surface area contributed by atoms with Gasteiger partial charge >= 0.3 is 29.6 Å². The zero-order valence-corrected chi connectivity index (χ0v) is 20.0. The van der Waals surface area contributed by atoms with Crippen molar-refractivity contribution in [2.24, 2.45) is 7.05 Å². The van der Waals surface area contributed by atoms with E-state index in [2.05, 4.69) is 14.8 Å². The van der Waals surface area contributed by atoms with Crippen LogP contribution in [0.15, 0.2) is 40.2 Å². The second-order valence-corrected chi connectivity index (χ2v) is 8.99. The molecule has 0 radical (unpaired) electrons. The fourth-order valence-corrected chi connectivity index (χ4v) is 5.07. The predicted octanol–water partition coefficient (Wildman–Crippen LogP) is 1.27. The Kier molecular flexibility index (Phi) is 7.18. The molecule has 0 bridgehead atoms. The van der Waals surface area contributed by atoms with Gasteiger partial charge in [0.25, 0.3) is 0 Å². The number of benzene rings is 1. The maximum Gasteiger partial charge on any atom is 1.00 e. The number of aromatic nitrogens is 3. The van der Waals surface area contributed by atoms with E-state index >= 15 is 0 Å². The van der Waals surface area contributed by atoms with Crippen LogP contribution in [0, 0.1) is 11.6 Å². The van der Waals surface area contributed by atoms with Crippen LogP contribution >= 0.6 is 11.3 Å². The molecule has 2 atom stereocenters. The van der Waals surface area contributed by atoms with Crippen LogP contribution in [0.1, 0.15) is 30.9 Å². The van der Waals surface area contributed by atoms with Gasteiger partial charge < -0.3 is 14.4 Å². The fraction of sp³-hybridized carbons (Fsp3) is 0.333. The predicted molar refractivity (Wildman–Crippen MR) is 103 cm³/mol. The minimum absolute atomic E-state index is 0. The Hall–Kier alpha value is -1.53. The number of thiazole rings is 1. The van der Waals surface area contributed by atoms with Crippen molar-refractivity contribution in [3.63, 3.8) is 0 Å². The number of nitrogens with zero attached hydrogens (tertiary/aromatic N) is 4. The first-order valence-corrected chi connectivity index (χ1v) is 11.2. The quantitative estimate of drug-likeness (QED) is 0.515. The number of ether oxygens (including phenoxy) is 1. The molecule has 1 aromatic carbocycles. The summed E-state index contributed by atoms with van der Waals surface area (Å²) in [7, 11) is -2.63. The standard InChI is InChI=1S/C18H17F2N4O3S2.Na/c1-24-14(5-6-22-24)11-3-2-4-15(11)27-16-7-13(20)17(8-12(16)19)29(25,26)23-18-9-28-10-21-18;/h5-11,15H,2-4H2,1H3;/q-1;+1/t11-,15+;/m1./s1. The van der Waals surface area contributed by atoms with E-state index in [9.17, 15) is 17.2 Å². The average Bonchev–Trinajstić information content (AvgIpc) is 3.40. The van der Waals surface area contributed by atoms with Gasteiger partial charge in [-0.25, -0.2) is 17.2 Å². The Balaban J connectivity index is 0.00000256. The van der Waals surface area contributed by atoms with Gasteiger partial charge in [0.2, 0.25) is 10.0 Å². The van der Waals surface area contributed by atoms with Crippen molar-refractivity contribution in [2.75, 3.05) is 0 Å². The molecule has 3 aromatic rings. The SMILES string of the molecule is Cn1nccc1[C@H]1CCC[C@@H]1Oc1cc(F)c(S(=O)(=O)[N-]c2cscn2)cc1F.[Na+]. The smallest absolute Gasteiger partial charge is 0.487 e. The topological polar surface area (TPSA) is 88.2 Å². The molecule has 1 fully saturated rings. The van der Waals surface area contributed by atoms with Crippen LogP contribution in [-0.4, -0.2) is 29.3 Å². The minimum Gasteiger partial charge on any atom is -0.487 e. The van der Waals surface area contributed by atoms with Gasteiger partial charge in [0.15, 0.2) is 11.6 Å². The molecule has 7 nitrogen and oxygen atoms in total. The molecule has 0 amide bonds. The van der Waals surface area contributed by atoms with E-state index in [0.29, 0.717) is 12.5 Å². The van der Waals surface area contributed by atoms with Gasteiger partial charge in [0.1, 0.15) is 16.8 Å². The van der Waals surface area contributed by atoms with Crippen molar-refractivity contribution in [3.05, 3.63) is 57.3 Å². The Morgan fingerprint density at radius 3 is 2.73 bits per heavy atom. The minimum atomic E-state index is -4.45. The van der Waals surface area contributed by atoms with Gasteiger partial charge in [-0.05, 0) is 48.1 Å². The van der Waals surface area contributed by atoms with Crippen LogP contribution in [0.2, 0.25) is 0 Å². The first-order valence-electron chi connectivity index (χ1n) is 8.85. The molecule has 0 aliphatic heterocycles. The molecular weight excluding hydrogens is 445 g/mol. The maximum absolute atomic E-state index is 14.6. The largest absolute Gasteiger partial charge is 1.00 e. The van der Waals surface area contributed by atoms with Gasteiger partial charge in [0.05, 0.1) is 0 Å². The second-order valence-electron chi connectivity index (χ2n) is 6.70. The summed E-state index contributed by atoms with van der Waals surface area (Å²) in [6.45, 7) is 0. The molecule has 4 rings (SSSR count). The number of aryl methyl sites for hydroxylation is 1. The van der Waals surface area contributed by atoms with E-state index in [1.165, 1.54) is 10.9 Å². The van der Waals surface area contributed by atoms with Gasteiger partial charge in [-0.1, -0.05) is 0 Å². The number of rotatable bonds is 6. The van der Waals surface area contributed by atoms with Crippen LogP contribution in [0.4, 0.5) is 14.6 Å². The number of sulfonamides is 1. The Morgan fingerprint density at radius 2 is 2.07 bits per heavy atom. The molecule has 12 heteroatoms. The molecule has 1 aliphatic carbocycles. The molecular formula is C18H17F2N4NaO3S2. The molecule has 30 heavy (non-hydrogen) atoms. The molecule has 0 saturated heterocycles. The van der Waals surface area contributed by atoms with Crippen molar-refractivity contribution in [2.45, 2.75) is 36.2 Å². The molecule has 0 unspecified atom stereocenters. The Morgan fingerprint density at radius 1 is 1.27 bits per heavy atom. The zero-order chi connectivity index (χ0) is 20.6. The van der Waals surface area contributed by atoms with Crippen LogP contribution in [0.5, 0.6) is 5.75 Å². The van der Waals surface area contributed by atoms with Crippen LogP contribution in [-0.2, 0) is 17.1 Å². The van der Waals surface area contributed by atoms with Gasteiger partial charge in [-0.3, -0.25) is 4.68 Å². The van der Waals surface area contributed by atoms with Crippen molar-refractivity contribution in [1.82, 2.24) is 14.8 Å². The van der Waals surface area contributed by atoms with Crippen LogP contribution in [0.3, 0.4) is 0 Å². The van der Waals surface area contributed by atoms with Crippen molar-refractivity contribution < 1.29 is 51.5 Å². The van der Waals surface area contributed by atoms with E-state index in [1.807, 2.05) is 13.1 Å². The van der Waals surface area contributed by atoms with E-state index in [1.54, 1.807) is 10.9 Å². The maximum atomic E-state index is 14.6. The summed E-state index contributed by atoms with van der Waals surface area (Å²) in [4.78, 5) is 2.87. The Bertz CT molecular complexity index is 1120. The van der Waals surface area contributed by atoms with Crippen molar-refractivity contribution >= 4 is 27.2 Å². The summed E-state index contributed by atoms with van der Waals surface area (Å²) in [5, 5.41) is 5.54. The van der Waals surface area contributed by atoms with Crippen molar-refractivity contribution in [1.29, 1.82) is 0 Å². The summed E-state index contributed by atoms with van der Waals surface area (Å²) in [6, 6.07) is 3.24. The molecule has 2 aromatic heterocycles. The molecule has 0 spiro atoms. The van der Waals surface area contributed by atoms with Gasteiger partial charge in [-0.15, -0.1) is 0 Å². The monoisotopic (exact) mass is 462 g/mol. The normalized spacial score (nSPS) is 18.8. The van der Waals surface area contributed by atoms with E-state index in [4.69, 9.17) is 4.74 Å². The van der Waals surface area contributed by atoms with Crippen LogP contribution in [0.25, 0.3) is 4.72 Å². The summed E-state index contributed by atoms with van der Waals surface area (Å²) < 4.78 is 64.7. The summed E-state index contributed by atoms with van der Waals surface area (Å²) in [5.41, 5.74) is 2.34. The number of halogens is 2. The average molecular weight is 462 g/mol. The fourth-order valence-electron chi connectivity index (χ4n) is 3.54. The number of hydrogen-bond acceptors (Lipinski definition) is 6. The molecule has 0 N–H and O–H groups in total. The van der Waals surface area contributed by atoms with Crippen molar-refractivity contribution in [3.8, 4) is 5.75 Å². The first kappa shape index (κ1) is 23.1. The van der Waals surface area contributed by atoms with Gasteiger partial charge in [-0.2, -0.15) is 16.4 Å². The van der Waals surface area contributed by atoms with E-state index in [0.717, 1.165) is 35.9 Å². The third kappa shape index (κ3) is 4.70.